The smallest absolute Gasteiger partial charge is 0.408 e. The van der Waals surface area contributed by atoms with E-state index in [0.717, 1.165) is 25.7 Å². The van der Waals surface area contributed by atoms with Crippen LogP contribution in [-0.2, 0) is 33.5 Å². The highest BCUT2D eigenvalue weighted by atomic mass is 16.6. The molecule has 1 aliphatic heterocycles. The van der Waals surface area contributed by atoms with Crippen LogP contribution in [0, 0.1) is 23.2 Å². The highest BCUT2D eigenvalue weighted by molar-refractivity contribution is 6.38. The summed E-state index contributed by atoms with van der Waals surface area (Å²) in [7, 11) is 3.12. The van der Waals surface area contributed by atoms with Gasteiger partial charge >= 0.3 is 6.09 Å². The fourth-order valence-corrected chi connectivity index (χ4v) is 7.72. The van der Waals surface area contributed by atoms with Crippen molar-refractivity contribution in [2.45, 2.75) is 103 Å². The van der Waals surface area contributed by atoms with Crippen molar-refractivity contribution in [1.82, 2.24) is 31.1 Å². The highest BCUT2D eigenvalue weighted by Crippen LogP contribution is 2.65. The summed E-state index contributed by atoms with van der Waals surface area (Å²) in [6.07, 6.45) is 4.55. The van der Waals surface area contributed by atoms with Gasteiger partial charge in [0.15, 0.2) is 0 Å². The lowest BCUT2D eigenvalue weighted by Crippen LogP contribution is -2.59. The Bertz CT molecular complexity index is 1560. The molecule has 1 heterocycles. The quantitative estimate of drug-likeness (QED) is 0.157. The number of ether oxygens (including phenoxy) is 1. The van der Waals surface area contributed by atoms with Gasteiger partial charge in [-0.05, 0) is 75.2 Å². The third-order valence-corrected chi connectivity index (χ3v) is 10.6. The number of Topliss-reactive ketones (excluding diaryl/α,β-unsaturated/α-hetero) is 1. The van der Waals surface area contributed by atoms with E-state index in [-0.39, 0.29) is 41.4 Å². The molecular weight excluding hydrogens is 680 g/mol. The van der Waals surface area contributed by atoms with Crippen LogP contribution in [0.1, 0.15) is 84.7 Å². The number of likely N-dealkylation sites (tertiary alicyclic amines) is 1. The van der Waals surface area contributed by atoms with Crippen molar-refractivity contribution in [3.8, 4) is 0 Å². The number of nitrogens with one attached hydrogen (secondary N) is 4. The van der Waals surface area contributed by atoms with Crippen molar-refractivity contribution in [3.63, 3.8) is 0 Å². The Kier molecular flexibility index (Phi) is 13.1. The van der Waals surface area contributed by atoms with E-state index in [1.165, 1.54) is 9.80 Å². The van der Waals surface area contributed by atoms with E-state index < -0.39 is 65.9 Å². The Labute approximate surface area is 312 Å². The van der Waals surface area contributed by atoms with Crippen LogP contribution in [0.4, 0.5) is 4.79 Å². The van der Waals surface area contributed by atoms with Crippen molar-refractivity contribution in [2.24, 2.45) is 23.2 Å². The van der Waals surface area contributed by atoms with Gasteiger partial charge in [0.05, 0.1) is 12.6 Å². The summed E-state index contributed by atoms with van der Waals surface area (Å²) in [5, 5.41) is 10.5. The molecule has 0 aromatic heterocycles. The summed E-state index contributed by atoms with van der Waals surface area (Å²) in [5.74, 6) is -4.33. The van der Waals surface area contributed by atoms with Gasteiger partial charge in [0.25, 0.3) is 5.91 Å². The Balaban J connectivity index is 1.46. The van der Waals surface area contributed by atoms with Crippen molar-refractivity contribution in [2.75, 3.05) is 27.2 Å². The number of piperidine rings is 1. The minimum absolute atomic E-state index is 0.0381. The van der Waals surface area contributed by atoms with Gasteiger partial charge < -0.3 is 35.8 Å². The Hall–Kier alpha value is -4.75. The first kappa shape index (κ1) is 41.0. The lowest BCUT2D eigenvalue weighted by atomic mass is 9.94. The normalized spacial score (nSPS) is 21.9. The molecule has 3 fully saturated rings. The lowest BCUT2D eigenvalue weighted by Gasteiger charge is -2.35. The maximum absolute atomic E-state index is 14.3. The maximum Gasteiger partial charge on any atom is 0.408 e. The van der Waals surface area contributed by atoms with Crippen LogP contribution in [-0.4, -0.2) is 102 Å². The summed E-state index contributed by atoms with van der Waals surface area (Å²) in [6.45, 7) is 12.7. The number of benzene rings is 1. The zero-order valence-electron chi connectivity index (χ0n) is 32.0. The van der Waals surface area contributed by atoms with Gasteiger partial charge in [-0.2, -0.15) is 0 Å². The summed E-state index contributed by atoms with van der Waals surface area (Å²) < 4.78 is 5.48. The maximum atomic E-state index is 14.3. The molecule has 14 nitrogen and oxygen atoms in total. The van der Waals surface area contributed by atoms with Crippen LogP contribution >= 0.6 is 0 Å². The molecule has 0 spiro atoms. The van der Waals surface area contributed by atoms with Crippen LogP contribution in [0.3, 0.4) is 0 Å². The molecule has 1 aromatic carbocycles. The van der Waals surface area contributed by atoms with Gasteiger partial charge in [-0.25, -0.2) is 4.79 Å². The van der Waals surface area contributed by atoms with Crippen LogP contribution in [0.5, 0.6) is 0 Å². The van der Waals surface area contributed by atoms with E-state index >= 15 is 0 Å². The first-order chi connectivity index (χ1) is 24.9. The van der Waals surface area contributed by atoms with Crippen molar-refractivity contribution >= 4 is 41.4 Å². The summed E-state index contributed by atoms with van der Waals surface area (Å²) >= 11 is 0. The largest absolute Gasteiger partial charge is 0.444 e. The van der Waals surface area contributed by atoms with Crippen molar-refractivity contribution in [3.05, 3.63) is 48.6 Å². The molecule has 2 saturated carbocycles. The van der Waals surface area contributed by atoms with Gasteiger partial charge in [0.2, 0.25) is 29.4 Å². The first-order valence-corrected chi connectivity index (χ1v) is 18.5. The molecule has 6 amide bonds. The third-order valence-electron chi connectivity index (χ3n) is 10.6. The lowest BCUT2D eigenvalue weighted by molar-refractivity contribution is -0.145. The van der Waals surface area contributed by atoms with Crippen molar-refractivity contribution in [1.29, 1.82) is 0 Å². The molecule has 2 aliphatic carbocycles. The van der Waals surface area contributed by atoms with Crippen LogP contribution in [0.25, 0.3) is 0 Å². The summed E-state index contributed by atoms with van der Waals surface area (Å²) in [6, 6.07) is 4.54. The van der Waals surface area contributed by atoms with Crippen LogP contribution in [0.15, 0.2) is 43.0 Å². The number of ketones is 1. The molecule has 1 aromatic rings. The third kappa shape index (κ3) is 10.0. The zero-order valence-corrected chi connectivity index (χ0v) is 32.0. The number of nitrogens with zero attached hydrogens (tertiary/aromatic N) is 2. The molecule has 53 heavy (non-hydrogen) atoms. The fraction of sp³-hybridized carbons (Fsp3) is 0.615. The van der Waals surface area contributed by atoms with E-state index in [9.17, 15) is 33.6 Å². The van der Waals surface area contributed by atoms with Gasteiger partial charge in [-0.1, -0.05) is 63.1 Å². The van der Waals surface area contributed by atoms with Crippen LogP contribution in [0.2, 0.25) is 0 Å². The molecule has 4 N–H and O–H groups in total. The molecule has 0 radical (unpaired) electrons. The van der Waals surface area contributed by atoms with E-state index in [2.05, 4.69) is 27.8 Å². The van der Waals surface area contributed by atoms with Crippen molar-refractivity contribution < 1.29 is 38.3 Å². The number of hydrogen-bond acceptors (Lipinski definition) is 8. The molecule has 290 valence electrons. The molecule has 0 bridgehead atoms. The number of carbonyl (C=O) groups excluding carboxylic acids is 7. The van der Waals surface area contributed by atoms with Gasteiger partial charge in [0.1, 0.15) is 23.7 Å². The van der Waals surface area contributed by atoms with Gasteiger partial charge in [-0.3, -0.25) is 28.8 Å². The number of hydrogen-bond donors (Lipinski definition) is 4. The average Bonchev–Trinajstić information content (AvgIpc) is 3.54. The van der Waals surface area contributed by atoms with E-state index in [1.54, 1.807) is 71.3 Å². The number of rotatable bonds is 15. The van der Waals surface area contributed by atoms with E-state index in [4.69, 9.17) is 4.74 Å². The Morgan fingerprint density at radius 2 is 1.64 bits per heavy atom. The number of fused-ring (bicyclic) bond motifs is 1. The molecule has 1 saturated heterocycles. The molecule has 6 atom stereocenters. The second-order valence-corrected chi connectivity index (χ2v) is 16.2. The molecule has 1 unspecified atom stereocenters. The van der Waals surface area contributed by atoms with Crippen LogP contribution < -0.4 is 21.3 Å². The number of amides is 6. The fourth-order valence-electron chi connectivity index (χ4n) is 7.72. The number of likely N-dealkylation sites (N-methyl/N-ethyl adjacent to an activating group) is 1. The highest BCUT2D eigenvalue weighted by Gasteiger charge is 2.69. The monoisotopic (exact) mass is 736 g/mol. The average molecular weight is 737 g/mol. The standard InChI is InChI=1S/C39H56N6O8/c1-9-10-20-26(32(47)34(49)40-21-27(46)42-29(35(50)44(7)8)23-16-12-11-13-17-23)41-33(48)31-28-25(39(28,5)6)22-45(31)36(51)30(24-18-14-15-19-24)43-37(52)53-38(2,3)4/h9,11-13,16-17,24-26,28-31H,1,10,14-15,18-22H2,2-8H3,(H,40,49)(H,41,48)(H,42,46)(H,43,52)/t25-,26?,28-,29-,30-,31-/m0/s1. The Morgan fingerprint density at radius 1 is 1.00 bits per heavy atom. The van der Waals surface area contributed by atoms with E-state index in [1.807, 2.05) is 13.8 Å². The molecule has 3 aliphatic rings. The SMILES string of the molecule is C=CCCC(NC(=O)[C@@H]1[C@@H]2[C@H](CN1C(=O)[C@@H](NC(=O)OC(C)(C)C)C1CCCC1)C2(C)C)C(=O)C(=O)NCC(=O)N[C@H](C(=O)N(C)C)c1ccccc1. The molecular formula is C39H56N6O8. The predicted octanol–water partition coefficient (Wildman–Crippen LogP) is 2.63. The minimum Gasteiger partial charge on any atom is -0.444 e. The number of alkyl carbamates (subject to hydrolysis) is 1. The first-order valence-electron chi connectivity index (χ1n) is 18.5. The number of allylic oxidation sites excluding steroid dienone is 1. The second-order valence-electron chi connectivity index (χ2n) is 16.2. The van der Waals surface area contributed by atoms with Gasteiger partial charge in [0, 0.05) is 20.6 Å². The number of carbonyl (C=O) groups is 7. The second kappa shape index (κ2) is 16.9. The molecule has 4 rings (SSSR count). The zero-order chi connectivity index (χ0) is 39.2. The predicted molar refractivity (Wildman–Crippen MR) is 197 cm³/mol. The summed E-state index contributed by atoms with van der Waals surface area (Å²) in [4.78, 5) is 96.6. The molecule has 14 heteroatoms. The van der Waals surface area contributed by atoms with Gasteiger partial charge in [-0.15, -0.1) is 6.58 Å². The van der Waals surface area contributed by atoms with E-state index in [0.29, 0.717) is 18.5 Å². The topological polar surface area (TPSA) is 183 Å². The minimum atomic E-state index is -1.26. The Morgan fingerprint density at radius 3 is 2.23 bits per heavy atom. The summed E-state index contributed by atoms with van der Waals surface area (Å²) in [5.41, 5.74) is -0.463.